The number of benzene rings is 4. The first-order chi connectivity index (χ1) is 15.8. The number of sulfonamides is 1. The third-order valence-corrected chi connectivity index (χ3v) is 8.08. The van der Waals surface area contributed by atoms with Gasteiger partial charge in [-0.3, -0.25) is 9.52 Å². The first-order valence-electron chi connectivity index (χ1n) is 9.79. The molecule has 0 aliphatic carbocycles. The van der Waals surface area contributed by atoms with E-state index in [-0.39, 0.29) is 21.6 Å². The van der Waals surface area contributed by atoms with Crippen LogP contribution in [-0.2, 0) is 14.8 Å². The maximum absolute atomic E-state index is 12.8. The van der Waals surface area contributed by atoms with Crippen molar-refractivity contribution in [3.8, 4) is 0 Å². The molecule has 2 N–H and O–H groups in total. The molecule has 0 fully saturated rings. The zero-order valence-electron chi connectivity index (χ0n) is 17.1. The van der Waals surface area contributed by atoms with Crippen molar-refractivity contribution in [2.24, 2.45) is 0 Å². The molecule has 5 nitrogen and oxygen atoms in total. The zero-order valence-corrected chi connectivity index (χ0v) is 21.1. The van der Waals surface area contributed by atoms with Gasteiger partial charge in [-0.1, -0.05) is 57.9 Å². The monoisotopic (exact) mass is 560 g/mol. The van der Waals surface area contributed by atoms with Gasteiger partial charge in [0.2, 0.25) is 5.91 Å². The lowest BCUT2D eigenvalue weighted by atomic mass is 10.1. The minimum atomic E-state index is -3.94. The smallest absolute Gasteiger partial charge is 0.263 e. The van der Waals surface area contributed by atoms with Gasteiger partial charge in [-0.05, 0) is 65.4 Å². The predicted octanol–water partition coefficient (Wildman–Crippen LogP) is 6.79. The first kappa shape index (κ1) is 23.6. The summed E-state index contributed by atoms with van der Waals surface area (Å²) >= 11 is 10.9. The lowest BCUT2D eigenvalue weighted by Gasteiger charge is -2.12. The van der Waals surface area contributed by atoms with Gasteiger partial charge in [0.05, 0.1) is 10.8 Å². The molecule has 4 rings (SSSR count). The Kier molecular flexibility index (Phi) is 7.29. The quantitative estimate of drug-likeness (QED) is 0.244. The Hall–Kier alpha value is -2.52. The second-order valence-corrected chi connectivity index (χ2v) is 11.1. The van der Waals surface area contributed by atoms with Crippen LogP contribution in [-0.4, -0.2) is 20.1 Å². The van der Waals surface area contributed by atoms with Gasteiger partial charge in [-0.15, -0.1) is 11.8 Å². The molecule has 168 valence electrons. The number of amides is 1. The summed E-state index contributed by atoms with van der Waals surface area (Å²) in [6.07, 6.45) is 0. The van der Waals surface area contributed by atoms with Crippen molar-refractivity contribution in [2.45, 2.75) is 9.79 Å². The number of hydrogen-bond acceptors (Lipinski definition) is 4. The minimum Gasteiger partial charge on any atom is -0.325 e. The Bertz CT molecular complexity index is 1430. The van der Waals surface area contributed by atoms with Crippen LogP contribution in [0.5, 0.6) is 0 Å². The fourth-order valence-corrected chi connectivity index (χ4v) is 5.71. The topological polar surface area (TPSA) is 75.3 Å². The van der Waals surface area contributed by atoms with E-state index in [2.05, 4.69) is 26.0 Å². The number of anilines is 2. The highest BCUT2D eigenvalue weighted by molar-refractivity contribution is 9.10. The van der Waals surface area contributed by atoms with E-state index in [1.54, 1.807) is 30.3 Å². The van der Waals surface area contributed by atoms with Crippen LogP contribution in [0.2, 0.25) is 5.02 Å². The summed E-state index contributed by atoms with van der Waals surface area (Å²) < 4.78 is 29.0. The van der Waals surface area contributed by atoms with Gasteiger partial charge < -0.3 is 5.32 Å². The Labute approximate surface area is 209 Å². The molecule has 33 heavy (non-hydrogen) atoms. The highest BCUT2D eigenvalue weighted by atomic mass is 79.9. The Balaban J connectivity index is 1.44. The molecule has 0 spiro atoms. The molecule has 0 atom stereocenters. The van der Waals surface area contributed by atoms with Crippen LogP contribution in [0.15, 0.2) is 99.2 Å². The van der Waals surface area contributed by atoms with Crippen LogP contribution in [0.3, 0.4) is 0 Å². The summed E-state index contributed by atoms with van der Waals surface area (Å²) in [7, 11) is -3.94. The van der Waals surface area contributed by atoms with E-state index in [4.69, 9.17) is 11.6 Å². The van der Waals surface area contributed by atoms with Crippen molar-refractivity contribution in [1.82, 2.24) is 0 Å². The highest BCUT2D eigenvalue weighted by Crippen LogP contribution is 2.28. The molecule has 0 aliphatic rings. The van der Waals surface area contributed by atoms with Gasteiger partial charge in [-0.25, -0.2) is 8.42 Å². The van der Waals surface area contributed by atoms with Crippen molar-refractivity contribution in [3.05, 3.63) is 94.4 Å². The number of nitrogens with one attached hydrogen (secondary N) is 2. The van der Waals surface area contributed by atoms with E-state index in [0.717, 1.165) is 20.1 Å². The van der Waals surface area contributed by atoms with Gasteiger partial charge in [0.15, 0.2) is 0 Å². The van der Waals surface area contributed by atoms with E-state index in [0.29, 0.717) is 11.4 Å². The molecule has 0 bridgehead atoms. The summed E-state index contributed by atoms with van der Waals surface area (Å²) in [6.45, 7) is 0. The lowest BCUT2D eigenvalue weighted by Crippen LogP contribution is -2.16. The molecule has 0 unspecified atom stereocenters. The highest BCUT2D eigenvalue weighted by Gasteiger charge is 2.19. The third kappa shape index (κ3) is 6.09. The fraction of sp³-hybridized carbons (Fsp3) is 0.0417. The lowest BCUT2D eigenvalue weighted by molar-refractivity contribution is -0.113. The number of rotatable bonds is 7. The van der Waals surface area contributed by atoms with Gasteiger partial charge >= 0.3 is 0 Å². The molecule has 0 aliphatic heterocycles. The van der Waals surface area contributed by atoms with E-state index in [1.807, 2.05) is 42.5 Å². The summed E-state index contributed by atoms with van der Waals surface area (Å²) in [5, 5.41) is 5.04. The van der Waals surface area contributed by atoms with Gasteiger partial charge in [-0.2, -0.15) is 0 Å². The third-order valence-electron chi connectivity index (χ3n) is 4.69. The van der Waals surface area contributed by atoms with E-state index < -0.39 is 10.0 Å². The second-order valence-electron chi connectivity index (χ2n) is 7.10. The molecule has 0 aromatic heterocycles. The van der Waals surface area contributed by atoms with Crippen LogP contribution >= 0.6 is 39.3 Å². The van der Waals surface area contributed by atoms with Crippen LogP contribution in [0.4, 0.5) is 11.4 Å². The second kappa shape index (κ2) is 10.2. The summed E-state index contributed by atoms with van der Waals surface area (Å²) in [6, 6.07) is 25.1. The fourth-order valence-electron chi connectivity index (χ4n) is 3.12. The minimum absolute atomic E-state index is 0.0585. The summed E-state index contributed by atoms with van der Waals surface area (Å²) in [5.74, 6) is -0.0695. The molecular weight excluding hydrogens is 544 g/mol. The predicted molar refractivity (Wildman–Crippen MR) is 140 cm³/mol. The van der Waals surface area contributed by atoms with Gasteiger partial charge in [0, 0.05) is 20.7 Å². The van der Waals surface area contributed by atoms with Crippen molar-refractivity contribution < 1.29 is 13.2 Å². The van der Waals surface area contributed by atoms with Gasteiger partial charge in [0.1, 0.15) is 4.90 Å². The summed E-state index contributed by atoms with van der Waals surface area (Å²) in [5.41, 5.74) is 0.746. The Morgan fingerprint density at radius 3 is 2.33 bits per heavy atom. The van der Waals surface area contributed by atoms with Crippen molar-refractivity contribution >= 4 is 77.4 Å². The summed E-state index contributed by atoms with van der Waals surface area (Å²) in [4.78, 5) is 13.3. The number of thioether (sulfide) groups is 1. The number of hydrogen-bond donors (Lipinski definition) is 2. The van der Waals surface area contributed by atoms with E-state index in [9.17, 15) is 13.2 Å². The SMILES string of the molecule is O=C(CSc1ccc2ccccc2c1)Nc1ccc(Cl)c(S(=O)(=O)Nc2ccc(Br)cc2)c1. The average molecular weight is 562 g/mol. The molecule has 0 heterocycles. The average Bonchev–Trinajstić information content (AvgIpc) is 2.80. The molecular formula is C24H18BrClN2O3S2. The number of carbonyl (C=O) groups is 1. The van der Waals surface area contributed by atoms with Crippen molar-refractivity contribution in [1.29, 1.82) is 0 Å². The molecule has 0 saturated carbocycles. The normalized spacial score (nSPS) is 11.3. The Morgan fingerprint density at radius 2 is 1.58 bits per heavy atom. The molecule has 4 aromatic rings. The number of fused-ring (bicyclic) bond motifs is 1. The zero-order chi connectivity index (χ0) is 23.4. The van der Waals surface area contributed by atoms with Gasteiger partial charge in [0.25, 0.3) is 10.0 Å². The van der Waals surface area contributed by atoms with Crippen molar-refractivity contribution in [3.63, 3.8) is 0 Å². The Morgan fingerprint density at radius 1 is 0.879 bits per heavy atom. The molecule has 0 saturated heterocycles. The number of carbonyl (C=O) groups excluding carboxylic acids is 1. The van der Waals surface area contributed by atoms with Crippen LogP contribution in [0.25, 0.3) is 10.8 Å². The first-order valence-corrected chi connectivity index (χ1v) is 13.4. The van der Waals surface area contributed by atoms with Crippen LogP contribution in [0, 0.1) is 0 Å². The van der Waals surface area contributed by atoms with E-state index >= 15 is 0 Å². The standard InChI is InChI=1S/C24H18BrClN2O3S2/c25-18-6-8-19(9-7-18)28-33(30,31)23-14-20(10-12-22(23)26)27-24(29)15-32-21-11-5-16-3-1-2-4-17(16)13-21/h1-14,28H,15H2,(H,27,29). The molecule has 9 heteroatoms. The van der Waals surface area contributed by atoms with E-state index in [1.165, 1.54) is 23.9 Å². The largest absolute Gasteiger partial charge is 0.325 e. The maximum Gasteiger partial charge on any atom is 0.263 e. The van der Waals surface area contributed by atoms with Crippen LogP contribution < -0.4 is 10.0 Å². The molecule has 1 amide bonds. The molecule has 0 radical (unpaired) electrons. The van der Waals surface area contributed by atoms with Crippen molar-refractivity contribution in [2.75, 3.05) is 15.8 Å². The molecule has 4 aromatic carbocycles. The van der Waals surface area contributed by atoms with Crippen LogP contribution in [0.1, 0.15) is 0 Å². The number of halogens is 2. The maximum atomic E-state index is 12.8.